The summed E-state index contributed by atoms with van der Waals surface area (Å²) in [7, 11) is 0. The monoisotopic (exact) mass is 292 g/mol. The normalized spacial score (nSPS) is 24.6. The number of aromatic nitrogens is 1. The van der Waals surface area contributed by atoms with Gasteiger partial charge in [0.25, 0.3) is 0 Å². The van der Waals surface area contributed by atoms with Crippen LogP contribution in [0.5, 0.6) is 0 Å². The fourth-order valence-corrected chi connectivity index (χ4v) is 3.25. The first-order valence-corrected chi connectivity index (χ1v) is 7.54. The predicted octanol–water partition coefficient (Wildman–Crippen LogP) is 3.70. The molecule has 1 heterocycles. The largest absolute Gasteiger partial charge is 0.391 e. The average molecular weight is 292 g/mol. The molecule has 0 bridgehead atoms. The van der Waals surface area contributed by atoms with Gasteiger partial charge in [0.15, 0.2) is 0 Å². The Balaban J connectivity index is 1.74. The molecular weight excluding hydrogens is 273 g/mol. The molecule has 108 valence electrons. The van der Waals surface area contributed by atoms with E-state index in [4.69, 9.17) is 0 Å². The smallest absolute Gasteiger partial charge is 0.314 e. The van der Waals surface area contributed by atoms with Gasteiger partial charge in [0.05, 0.1) is 16.6 Å². The third-order valence-electron chi connectivity index (χ3n) is 3.62. The summed E-state index contributed by atoms with van der Waals surface area (Å²) in [6.45, 7) is 2.66. The van der Waals surface area contributed by atoms with Crippen LogP contribution in [0.2, 0.25) is 0 Å². The average Bonchev–Trinajstić information content (AvgIpc) is 2.74. The van der Waals surface area contributed by atoms with E-state index in [0.29, 0.717) is 13.0 Å². The van der Waals surface area contributed by atoms with Gasteiger partial charge in [-0.1, -0.05) is 6.42 Å². The van der Waals surface area contributed by atoms with Crippen molar-refractivity contribution in [2.75, 3.05) is 6.54 Å². The molecule has 0 saturated heterocycles. The van der Waals surface area contributed by atoms with Gasteiger partial charge in [-0.3, -0.25) is 0 Å². The van der Waals surface area contributed by atoms with Gasteiger partial charge in [-0.15, -0.1) is 11.3 Å². The van der Waals surface area contributed by atoms with Gasteiger partial charge in [0.1, 0.15) is 0 Å². The van der Waals surface area contributed by atoms with E-state index in [1.54, 1.807) is 11.3 Å². The van der Waals surface area contributed by atoms with Crippen LogP contribution >= 0.6 is 11.3 Å². The zero-order chi connectivity index (χ0) is 13.9. The minimum absolute atomic E-state index is 0.0000997. The van der Waals surface area contributed by atoms with E-state index in [2.05, 4.69) is 10.3 Å². The zero-order valence-corrected chi connectivity index (χ0v) is 11.8. The number of nitrogens with zero attached hydrogens (tertiary/aromatic N) is 1. The molecule has 19 heavy (non-hydrogen) atoms. The van der Waals surface area contributed by atoms with Crippen LogP contribution in [-0.2, 0) is 6.42 Å². The molecule has 1 saturated carbocycles. The first-order valence-electron chi connectivity index (χ1n) is 6.66. The summed E-state index contributed by atoms with van der Waals surface area (Å²) in [6.07, 6.45) is -1.23. The van der Waals surface area contributed by atoms with Crippen LogP contribution in [0.1, 0.15) is 36.4 Å². The number of hydrogen-bond donors (Lipinski definition) is 1. The minimum Gasteiger partial charge on any atom is -0.314 e. The van der Waals surface area contributed by atoms with E-state index in [1.165, 1.54) is 0 Å². The standard InChI is InChI=1S/C13H19F3N2S/c1-9-18-12(8-19-9)5-6-17-11-4-2-3-10(7-11)13(14,15)16/h8,10-11,17H,2-7H2,1H3. The van der Waals surface area contributed by atoms with E-state index in [-0.39, 0.29) is 18.9 Å². The van der Waals surface area contributed by atoms with Crippen LogP contribution in [0.15, 0.2) is 5.38 Å². The van der Waals surface area contributed by atoms with E-state index in [1.807, 2.05) is 12.3 Å². The molecule has 1 N–H and O–H groups in total. The number of aryl methyl sites for hydroxylation is 1. The van der Waals surface area contributed by atoms with Gasteiger partial charge in [0.2, 0.25) is 0 Å². The van der Waals surface area contributed by atoms with Crippen LogP contribution in [0.3, 0.4) is 0 Å². The lowest BCUT2D eigenvalue weighted by Gasteiger charge is -2.31. The predicted molar refractivity (Wildman–Crippen MR) is 70.4 cm³/mol. The first kappa shape index (κ1) is 14.8. The van der Waals surface area contributed by atoms with Gasteiger partial charge in [0, 0.05) is 24.4 Å². The van der Waals surface area contributed by atoms with Gasteiger partial charge in [-0.05, 0) is 26.2 Å². The summed E-state index contributed by atoms with van der Waals surface area (Å²) in [6, 6.07) is 0.0000997. The van der Waals surface area contributed by atoms with Crippen LogP contribution in [0.25, 0.3) is 0 Å². The zero-order valence-electron chi connectivity index (χ0n) is 11.0. The third kappa shape index (κ3) is 4.45. The Bertz CT molecular complexity index is 403. The first-order chi connectivity index (χ1) is 8.95. The Morgan fingerprint density at radius 3 is 2.84 bits per heavy atom. The lowest BCUT2D eigenvalue weighted by molar-refractivity contribution is -0.183. The molecule has 2 atom stereocenters. The molecule has 1 aromatic rings. The summed E-state index contributed by atoms with van der Waals surface area (Å²) in [5.74, 6) is -1.12. The van der Waals surface area contributed by atoms with Crippen LogP contribution in [0, 0.1) is 12.8 Å². The SMILES string of the molecule is Cc1nc(CCNC2CCCC(C(F)(F)F)C2)cs1. The summed E-state index contributed by atoms with van der Waals surface area (Å²) < 4.78 is 38.0. The molecule has 1 aliphatic rings. The van der Waals surface area contributed by atoms with Crippen molar-refractivity contribution in [3.8, 4) is 0 Å². The van der Waals surface area contributed by atoms with Gasteiger partial charge < -0.3 is 5.32 Å². The second-order valence-corrected chi connectivity index (χ2v) is 6.23. The van der Waals surface area contributed by atoms with Crippen molar-refractivity contribution >= 4 is 11.3 Å². The third-order valence-corrected chi connectivity index (χ3v) is 4.44. The molecule has 1 aromatic heterocycles. The number of nitrogens with one attached hydrogen (secondary N) is 1. The highest BCUT2D eigenvalue weighted by Crippen LogP contribution is 2.37. The van der Waals surface area contributed by atoms with E-state index >= 15 is 0 Å². The summed E-state index contributed by atoms with van der Waals surface area (Å²) in [5, 5.41) is 6.29. The van der Waals surface area contributed by atoms with Crippen LogP contribution in [-0.4, -0.2) is 23.7 Å². The van der Waals surface area contributed by atoms with Crippen molar-refractivity contribution in [3.63, 3.8) is 0 Å². The van der Waals surface area contributed by atoms with Crippen molar-refractivity contribution in [2.45, 2.75) is 51.2 Å². The van der Waals surface area contributed by atoms with Crippen LogP contribution < -0.4 is 5.32 Å². The molecule has 0 amide bonds. The van der Waals surface area contributed by atoms with Gasteiger partial charge in [-0.2, -0.15) is 13.2 Å². The Morgan fingerprint density at radius 1 is 1.42 bits per heavy atom. The lowest BCUT2D eigenvalue weighted by Crippen LogP contribution is -2.39. The van der Waals surface area contributed by atoms with Crippen molar-refractivity contribution in [2.24, 2.45) is 5.92 Å². The van der Waals surface area contributed by atoms with Gasteiger partial charge >= 0.3 is 6.18 Å². The highest BCUT2D eigenvalue weighted by molar-refractivity contribution is 7.09. The fourth-order valence-electron chi connectivity index (χ4n) is 2.60. The number of halogens is 3. The van der Waals surface area contributed by atoms with Gasteiger partial charge in [-0.25, -0.2) is 4.98 Å². The lowest BCUT2D eigenvalue weighted by atomic mass is 9.85. The number of hydrogen-bond acceptors (Lipinski definition) is 3. The highest BCUT2D eigenvalue weighted by atomic mass is 32.1. The number of thiazole rings is 1. The molecule has 1 aliphatic carbocycles. The molecule has 2 unspecified atom stereocenters. The van der Waals surface area contributed by atoms with Crippen molar-refractivity contribution in [1.29, 1.82) is 0 Å². The molecule has 0 spiro atoms. The number of rotatable bonds is 4. The van der Waals surface area contributed by atoms with E-state index in [9.17, 15) is 13.2 Å². The summed E-state index contributed by atoms with van der Waals surface area (Å²) >= 11 is 1.61. The molecule has 0 aromatic carbocycles. The maximum Gasteiger partial charge on any atom is 0.391 e. The van der Waals surface area contributed by atoms with Crippen molar-refractivity contribution in [1.82, 2.24) is 10.3 Å². The van der Waals surface area contributed by atoms with E-state index in [0.717, 1.165) is 23.5 Å². The molecule has 1 fully saturated rings. The molecule has 0 radical (unpaired) electrons. The van der Waals surface area contributed by atoms with Crippen molar-refractivity contribution < 1.29 is 13.2 Å². The Kier molecular flexibility index (Phi) is 4.84. The fraction of sp³-hybridized carbons (Fsp3) is 0.769. The molecule has 2 rings (SSSR count). The second-order valence-electron chi connectivity index (χ2n) is 5.16. The Labute approximate surface area is 115 Å². The molecule has 2 nitrogen and oxygen atoms in total. The summed E-state index contributed by atoms with van der Waals surface area (Å²) in [4.78, 5) is 4.35. The van der Waals surface area contributed by atoms with Crippen LogP contribution in [0.4, 0.5) is 13.2 Å². The van der Waals surface area contributed by atoms with E-state index < -0.39 is 12.1 Å². The molecular formula is C13H19F3N2S. The highest BCUT2D eigenvalue weighted by Gasteiger charge is 2.41. The topological polar surface area (TPSA) is 24.9 Å². The van der Waals surface area contributed by atoms with Crippen molar-refractivity contribution in [3.05, 3.63) is 16.1 Å². The second kappa shape index (κ2) is 6.22. The summed E-state index contributed by atoms with van der Waals surface area (Å²) in [5.41, 5.74) is 1.03. The Hall–Kier alpha value is -0.620. The molecule has 0 aliphatic heterocycles. The maximum atomic E-state index is 12.7. The Morgan fingerprint density at radius 2 is 2.21 bits per heavy atom. The number of alkyl halides is 3. The maximum absolute atomic E-state index is 12.7. The quantitative estimate of drug-likeness (QED) is 0.915. The minimum atomic E-state index is -4.04. The molecule has 6 heteroatoms.